The number of hydrogen-bond acceptors (Lipinski definition) is 5. The number of rotatable bonds is 20. The molecule has 8 heteroatoms. The van der Waals surface area contributed by atoms with Gasteiger partial charge in [0, 0.05) is 0 Å². The molecule has 1 aliphatic rings. The molecule has 0 spiro atoms. The van der Waals surface area contributed by atoms with E-state index in [0.29, 0.717) is 39.0 Å². The zero-order valence-electron chi connectivity index (χ0n) is 23.2. The Kier molecular flexibility index (Phi) is 15.5. The molecular weight excluding hydrogens is 529 g/mol. The summed E-state index contributed by atoms with van der Waals surface area (Å²) in [4.78, 5) is 24.6. The summed E-state index contributed by atoms with van der Waals surface area (Å²) >= 11 is 4.44. The predicted molar refractivity (Wildman–Crippen MR) is 152 cm³/mol. The van der Waals surface area contributed by atoms with Crippen LogP contribution in [0.5, 0.6) is 0 Å². The summed E-state index contributed by atoms with van der Waals surface area (Å²) in [5.74, 6) is -1.08. The SMILES string of the molecule is CCCCP(Br)(CCCC)(CCCC)CCCNC(=O)CCC1(CCC(=O)OC(C)C)OCCO1. The number of halogens is 1. The Morgan fingerprint density at radius 2 is 1.37 bits per heavy atom. The van der Waals surface area contributed by atoms with Crippen LogP contribution in [0.4, 0.5) is 0 Å². The van der Waals surface area contributed by atoms with Gasteiger partial charge in [0.15, 0.2) is 0 Å². The van der Waals surface area contributed by atoms with Crippen molar-refractivity contribution in [3.05, 3.63) is 0 Å². The fraction of sp³-hybridized carbons (Fsp3) is 0.926. The molecule has 0 aromatic carbocycles. The summed E-state index contributed by atoms with van der Waals surface area (Å²) in [6.07, 6.45) is 15.1. The second-order valence-corrected chi connectivity index (χ2v) is 22.1. The van der Waals surface area contributed by atoms with Crippen molar-refractivity contribution in [1.82, 2.24) is 5.32 Å². The van der Waals surface area contributed by atoms with Gasteiger partial charge in [-0.2, -0.15) is 0 Å². The number of amides is 1. The van der Waals surface area contributed by atoms with Gasteiger partial charge in [-0.05, 0) is 13.8 Å². The van der Waals surface area contributed by atoms with Gasteiger partial charge in [0.2, 0.25) is 0 Å². The summed E-state index contributed by atoms with van der Waals surface area (Å²) in [6.45, 7) is 12.2. The number of carbonyl (C=O) groups excluding carboxylic acids is 2. The Hall–Kier alpha value is -0.230. The molecule has 0 aliphatic carbocycles. The van der Waals surface area contributed by atoms with Gasteiger partial charge >= 0.3 is 203 Å². The van der Waals surface area contributed by atoms with E-state index in [0.717, 1.165) is 6.42 Å². The Balaban J connectivity index is 2.55. The van der Waals surface area contributed by atoms with Crippen LogP contribution in [0.3, 0.4) is 0 Å². The molecule has 1 rings (SSSR count). The molecule has 1 heterocycles. The Morgan fingerprint density at radius 3 is 1.86 bits per heavy atom. The van der Waals surface area contributed by atoms with Crippen LogP contribution in [0.2, 0.25) is 0 Å². The second kappa shape index (κ2) is 16.6. The molecule has 0 saturated carbocycles. The average molecular weight is 583 g/mol. The van der Waals surface area contributed by atoms with Crippen LogP contribution >= 0.6 is 20.8 Å². The van der Waals surface area contributed by atoms with E-state index in [1.54, 1.807) is 0 Å². The van der Waals surface area contributed by atoms with Gasteiger partial charge in [-0.3, -0.25) is 0 Å². The Morgan fingerprint density at radius 1 is 0.886 bits per heavy atom. The molecule has 0 unspecified atom stereocenters. The van der Waals surface area contributed by atoms with Crippen molar-refractivity contribution in [1.29, 1.82) is 0 Å². The zero-order valence-corrected chi connectivity index (χ0v) is 25.7. The molecule has 1 fully saturated rings. The molecule has 0 aromatic rings. The molecule has 1 aliphatic heterocycles. The number of carbonyl (C=O) groups is 2. The van der Waals surface area contributed by atoms with Crippen molar-refractivity contribution in [3.63, 3.8) is 0 Å². The van der Waals surface area contributed by atoms with E-state index in [2.05, 4.69) is 41.6 Å². The summed E-state index contributed by atoms with van der Waals surface area (Å²) in [6, 6.07) is 0. The number of unbranched alkanes of at least 4 members (excludes halogenated alkanes) is 3. The normalized spacial score (nSPS) is 16.7. The third-order valence-corrected chi connectivity index (χ3v) is 17.0. The van der Waals surface area contributed by atoms with Crippen LogP contribution in [0.15, 0.2) is 0 Å². The number of hydrogen-bond donors (Lipinski definition) is 1. The number of ether oxygens (including phenoxy) is 3. The van der Waals surface area contributed by atoms with Gasteiger partial charge in [-0.25, -0.2) is 0 Å². The number of nitrogens with one attached hydrogen (secondary N) is 1. The first-order chi connectivity index (χ1) is 16.6. The first-order valence-corrected chi connectivity index (χ1v) is 19.1. The molecule has 208 valence electrons. The van der Waals surface area contributed by atoms with Crippen LogP contribution in [-0.4, -0.2) is 68.2 Å². The third kappa shape index (κ3) is 12.7. The maximum atomic E-state index is 12.6. The van der Waals surface area contributed by atoms with Gasteiger partial charge in [-0.15, -0.1) is 0 Å². The van der Waals surface area contributed by atoms with Gasteiger partial charge < -0.3 is 0 Å². The molecule has 0 atom stereocenters. The van der Waals surface area contributed by atoms with Crippen molar-refractivity contribution in [3.8, 4) is 0 Å². The average Bonchev–Trinajstić information content (AvgIpc) is 3.30. The van der Waals surface area contributed by atoms with E-state index < -0.39 is 11.1 Å². The Bertz CT molecular complexity index is 600. The molecule has 0 radical (unpaired) electrons. The van der Waals surface area contributed by atoms with E-state index in [-0.39, 0.29) is 24.4 Å². The minimum atomic E-state index is -1.93. The molecule has 0 aromatic heterocycles. The Labute approximate surface area is 223 Å². The minimum absolute atomic E-state index is 0.0267. The van der Waals surface area contributed by atoms with E-state index in [1.165, 1.54) is 63.2 Å². The molecule has 0 bridgehead atoms. The van der Waals surface area contributed by atoms with Crippen molar-refractivity contribution < 1.29 is 23.8 Å². The monoisotopic (exact) mass is 581 g/mol. The van der Waals surface area contributed by atoms with Crippen LogP contribution < -0.4 is 5.32 Å². The summed E-state index contributed by atoms with van der Waals surface area (Å²) in [5, 5.41) is 1.20. The fourth-order valence-electron chi connectivity index (χ4n) is 4.95. The van der Waals surface area contributed by atoms with Crippen LogP contribution in [0, 0.1) is 0 Å². The molecule has 1 saturated heterocycles. The van der Waals surface area contributed by atoms with Gasteiger partial charge in [0.1, 0.15) is 0 Å². The maximum absolute atomic E-state index is 12.6. The first kappa shape index (κ1) is 32.8. The van der Waals surface area contributed by atoms with Crippen molar-refractivity contribution >= 4 is 32.7 Å². The van der Waals surface area contributed by atoms with E-state index in [1.807, 2.05) is 13.8 Å². The molecule has 1 amide bonds. The van der Waals surface area contributed by atoms with Crippen molar-refractivity contribution in [2.45, 2.75) is 117 Å². The number of esters is 1. The second-order valence-electron chi connectivity index (χ2n) is 10.6. The van der Waals surface area contributed by atoms with E-state index in [9.17, 15) is 9.59 Å². The van der Waals surface area contributed by atoms with Crippen LogP contribution in [-0.2, 0) is 23.8 Å². The standard InChI is InChI=1S/C27H53BrNO5P/c1-6-9-20-35(28,21-10-7-2,22-11-8-3)23-12-17-29-25(30)13-15-27(32-18-19-33-27)16-14-26(31)34-24(4)5/h24H,6-23H2,1-5H3,(H,29,30). The predicted octanol–water partition coefficient (Wildman–Crippen LogP) is 7.01. The van der Waals surface area contributed by atoms with Gasteiger partial charge in [-0.1, -0.05) is 0 Å². The zero-order chi connectivity index (χ0) is 26.2. The molecule has 1 N–H and O–H groups in total. The third-order valence-electron chi connectivity index (χ3n) is 7.05. The topological polar surface area (TPSA) is 73.9 Å². The summed E-state index contributed by atoms with van der Waals surface area (Å²) in [5.41, 5.74) is 0. The molecule has 35 heavy (non-hydrogen) atoms. The fourth-order valence-corrected chi connectivity index (χ4v) is 13.6. The van der Waals surface area contributed by atoms with Crippen molar-refractivity contribution in [2.75, 3.05) is 44.4 Å². The molecule has 6 nitrogen and oxygen atoms in total. The van der Waals surface area contributed by atoms with Crippen LogP contribution in [0.25, 0.3) is 0 Å². The summed E-state index contributed by atoms with van der Waals surface area (Å²) < 4.78 is 16.9. The van der Waals surface area contributed by atoms with Gasteiger partial charge in [0.05, 0.1) is 6.10 Å². The van der Waals surface area contributed by atoms with Gasteiger partial charge in [0.25, 0.3) is 0 Å². The van der Waals surface area contributed by atoms with Crippen molar-refractivity contribution in [2.24, 2.45) is 0 Å². The van der Waals surface area contributed by atoms with E-state index in [4.69, 9.17) is 14.2 Å². The van der Waals surface area contributed by atoms with E-state index >= 15 is 0 Å². The quantitative estimate of drug-likeness (QED) is 0.0950. The molecular formula is C27H53BrNO5P. The van der Waals surface area contributed by atoms with Crippen LogP contribution in [0.1, 0.15) is 105 Å². The summed E-state index contributed by atoms with van der Waals surface area (Å²) in [7, 11) is 0. The first-order valence-electron chi connectivity index (χ1n) is 14.1.